The summed E-state index contributed by atoms with van der Waals surface area (Å²) in [6, 6.07) is 5.46. The lowest BCUT2D eigenvalue weighted by molar-refractivity contribution is -0.931. The van der Waals surface area contributed by atoms with Crippen LogP contribution in [0.15, 0.2) is 36.4 Å². The lowest BCUT2D eigenvalue weighted by atomic mass is 9.85. The van der Waals surface area contributed by atoms with E-state index in [0.717, 1.165) is 41.6 Å². The van der Waals surface area contributed by atoms with Crippen molar-refractivity contribution in [3.63, 3.8) is 0 Å². The molecule has 2 aromatic carbocycles. The summed E-state index contributed by atoms with van der Waals surface area (Å²) in [6.07, 6.45) is 2.73. The Morgan fingerprint density at radius 3 is 1.73 bits per heavy atom. The molecule has 4 nitrogen and oxygen atoms in total. The normalized spacial score (nSPS) is 23.3. The third-order valence-electron chi connectivity index (χ3n) is 7.03. The Morgan fingerprint density at radius 2 is 1.33 bits per heavy atom. The van der Waals surface area contributed by atoms with Gasteiger partial charge in [0.25, 0.3) is 0 Å². The summed E-state index contributed by atoms with van der Waals surface area (Å²) in [5.41, 5.74) is -3.31. The quantitative estimate of drug-likeness (QED) is 0.367. The lowest BCUT2D eigenvalue weighted by Crippen LogP contribution is -3.00. The van der Waals surface area contributed by atoms with Crippen LogP contribution in [0.1, 0.15) is 44.2 Å². The van der Waals surface area contributed by atoms with Crippen LogP contribution in [-0.4, -0.2) is 47.8 Å². The zero-order valence-corrected chi connectivity index (χ0v) is 19.2. The summed E-state index contributed by atoms with van der Waals surface area (Å²) in [5.74, 6) is -6.06. The second-order valence-corrected chi connectivity index (χ2v) is 8.98. The first-order valence-electron chi connectivity index (χ1n) is 10.2. The maximum absolute atomic E-state index is 13.9. The summed E-state index contributed by atoms with van der Waals surface area (Å²) >= 11 is 0. The predicted molar refractivity (Wildman–Crippen MR) is 110 cm³/mol. The number of aliphatic hydroxyl groups is 1. The summed E-state index contributed by atoms with van der Waals surface area (Å²) < 4.78 is 61.2. The summed E-state index contributed by atoms with van der Waals surface area (Å²) in [5, 5.41) is 11.4. The molecular weight excluding hydrogens is 506 g/mol. The van der Waals surface area contributed by atoms with E-state index < -0.39 is 40.9 Å². The van der Waals surface area contributed by atoms with Crippen molar-refractivity contribution < 1.29 is 53.7 Å². The van der Waals surface area contributed by atoms with Crippen LogP contribution in [0.5, 0.6) is 0 Å². The molecule has 0 aromatic heterocycles. The molecular formula is C24H28BrF4NO3. The lowest BCUT2D eigenvalue weighted by Gasteiger charge is -2.44. The molecule has 2 heterocycles. The van der Waals surface area contributed by atoms with E-state index in [9.17, 15) is 27.5 Å². The van der Waals surface area contributed by atoms with Gasteiger partial charge in [0.05, 0.1) is 26.2 Å². The van der Waals surface area contributed by atoms with Gasteiger partial charge in [0.2, 0.25) is 5.60 Å². The van der Waals surface area contributed by atoms with Gasteiger partial charge in [-0.25, -0.2) is 22.4 Å². The topological polar surface area (TPSA) is 46.5 Å². The van der Waals surface area contributed by atoms with Crippen molar-refractivity contribution in [2.75, 3.05) is 14.1 Å². The molecule has 2 fully saturated rings. The van der Waals surface area contributed by atoms with Gasteiger partial charge in [-0.3, -0.25) is 0 Å². The fourth-order valence-electron chi connectivity index (χ4n) is 5.01. The Balaban J connectivity index is 0.00000193. The minimum absolute atomic E-state index is 0. The summed E-state index contributed by atoms with van der Waals surface area (Å²) in [6.45, 7) is 0. The predicted octanol–water partition coefficient (Wildman–Crippen LogP) is 1.43. The molecule has 0 amide bonds. The van der Waals surface area contributed by atoms with E-state index in [0.29, 0.717) is 37.1 Å². The number of ether oxygens (including phenoxy) is 1. The minimum atomic E-state index is -2.63. The van der Waals surface area contributed by atoms with Crippen LogP contribution < -0.4 is 17.0 Å². The fourth-order valence-corrected chi connectivity index (χ4v) is 5.01. The first kappa shape index (κ1) is 27.3. The largest absolute Gasteiger partial charge is 1.00 e. The average Bonchev–Trinajstić information content (AvgIpc) is 2.88. The number of benzene rings is 2. The van der Waals surface area contributed by atoms with Crippen molar-refractivity contribution in [1.82, 2.24) is 0 Å². The molecule has 2 saturated heterocycles. The molecule has 0 aliphatic carbocycles. The Kier molecular flexibility index (Phi) is 8.03. The second kappa shape index (κ2) is 9.72. The monoisotopic (exact) mass is 533 g/mol. The first-order valence-corrected chi connectivity index (χ1v) is 10.2. The van der Waals surface area contributed by atoms with E-state index in [1.165, 1.54) is 0 Å². The smallest absolute Gasteiger partial charge is 0.347 e. The average molecular weight is 534 g/mol. The van der Waals surface area contributed by atoms with Crippen LogP contribution in [0.25, 0.3) is 0 Å². The van der Waals surface area contributed by atoms with Gasteiger partial charge in [0.15, 0.2) is 23.3 Å². The van der Waals surface area contributed by atoms with Gasteiger partial charge in [-0.2, -0.15) is 0 Å². The number of rotatable bonds is 4. The minimum Gasteiger partial charge on any atom is -1.00 e. The van der Waals surface area contributed by atoms with E-state index in [4.69, 9.17) is 4.74 Å². The van der Waals surface area contributed by atoms with Crippen molar-refractivity contribution >= 4 is 5.97 Å². The van der Waals surface area contributed by atoms with Gasteiger partial charge in [-0.05, 0) is 24.3 Å². The van der Waals surface area contributed by atoms with Gasteiger partial charge < -0.3 is 31.3 Å². The Hall–Kier alpha value is -1.97. The summed E-state index contributed by atoms with van der Waals surface area (Å²) in [7, 11) is 4.28. The van der Waals surface area contributed by atoms with Gasteiger partial charge in [-0.15, -0.1) is 0 Å². The number of fused-ring (bicyclic) bond motifs is 2. The van der Waals surface area contributed by atoms with Gasteiger partial charge in [0.1, 0.15) is 6.10 Å². The first-order chi connectivity index (χ1) is 14.5. The van der Waals surface area contributed by atoms with Crippen LogP contribution in [0.4, 0.5) is 17.6 Å². The molecule has 0 saturated carbocycles. The Labute approximate surface area is 201 Å². The molecule has 2 aromatic rings. The standard InChI is InChI=1S/C23H24F4NO3.CH4.BrH/c1-28(2)15-5-6-16(28)12-17(11-15)31-22(29)23(30,13-3-7-18(24)20(26)9-13)14-4-8-19(25)21(27)10-14;;/h3-4,7-10,15-17,30H,5-6,11-12H2,1-2H3;1H4;1H/q+1;;/p-1/t15-,16?,17?;;/m1../s1. The molecule has 2 aliphatic heterocycles. The third kappa shape index (κ3) is 4.68. The van der Waals surface area contributed by atoms with Gasteiger partial charge in [-0.1, -0.05) is 19.6 Å². The van der Waals surface area contributed by atoms with Crippen molar-refractivity contribution in [3.8, 4) is 0 Å². The van der Waals surface area contributed by atoms with Crippen LogP contribution in [0, 0.1) is 23.3 Å². The highest BCUT2D eigenvalue weighted by molar-refractivity contribution is 5.85. The van der Waals surface area contributed by atoms with E-state index >= 15 is 0 Å². The number of quaternary nitrogens is 1. The second-order valence-electron chi connectivity index (χ2n) is 8.98. The molecule has 182 valence electrons. The number of carbonyl (C=O) groups is 1. The zero-order chi connectivity index (χ0) is 22.6. The molecule has 33 heavy (non-hydrogen) atoms. The zero-order valence-electron chi connectivity index (χ0n) is 17.6. The number of hydrogen-bond acceptors (Lipinski definition) is 3. The number of nitrogens with zero attached hydrogens (tertiary/aromatic N) is 1. The molecule has 0 radical (unpaired) electrons. The van der Waals surface area contributed by atoms with Crippen molar-refractivity contribution in [1.29, 1.82) is 0 Å². The Morgan fingerprint density at radius 1 is 0.909 bits per heavy atom. The van der Waals surface area contributed by atoms with Crippen LogP contribution in [0.3, 0.4) is 0 Å². The molecule has 2 unspecified atom stereocenters. The molecule has 1 N–H and O–H groups in total. The highest BCUT2D eigenvalue weighted by atomic mass is 79.9. The maximum atomic E-state index is 13.9. The van der Waals surface area contributed by atoms with E-state index in [2.05, 4.69) is 14.1 Å². The molecule has 9 heteroatoms. The van der Waals surface area contributed by atoms with Crippen LogP contribution in [0.2, 0.25) is 0 Å². The van der Waals surface area contributed by atoms with Crippen molar-refractivity contribution in [3.05, 3.63) is 70.8 Å². The SMILES string of the molecule is C.C[N+]1(C)C2CC[C@@H]1CC(OC(=O)C(O)(c1ccc(F)c(F)c1)c1ccc(F)c(F)c1)C2.[Br-]. The number of carbonyl (C=O) groups excluding carboxylic acids is 1. The third-order valence-corrected chi connectivity index (χ3v) is 7.03. The fraction of sp³-hybridized carbons (Fsp3) is 0.458. The molecule has 4 rings (SSSR count). The number of piperidine rings is 1. The van der Waals surface area contributed by atoms with Gasteiger partial charge in [0, 0.05) is 36.8 Å². The van der Waals surface area contributed by atoms with E-state index in [-0.39, 0.29) is 35.5 Å². The van der Waals surface area contributed by atoms with E-state index in [1.54, 1.807) is 0 Å². The van der Waals surface area contributed by atoms with Gasteiger partial charge >= 0.3 is 5.97 Å². The Bertz CT molecular complexity index is 965. The molecule has 3 atom stereocenters. The van der Waals surface area contributed by atoms with Crippen LogP contribution in [-0.2, 0) is 15.1 Å². The maximum Gasteiger partial charge on any atom is 0.347 e. The van der Waals surface area contributed by atoms with Crippen molar-refractivity contribution in [2.24, 2.45) is 0 Å². The number of hydrogen-bond donors (Lipinski definition) is 1. The molecule has 2 aliphatic rings. The molecule has 2 bridgehead atoms. The van der Waals surface area contributed by atoms with Crippen LogP contribution >= 0.6 is 0 Å². The highest BCUT2D eigenvalue weighted by Gasteiger charge is 2.51. The van der Waals surface area contributed by atoms with Crippen molar-refractivity contribution in [2.45, 2.75) is 56.9 Å². The number of esters is 1. The summed E-state index contributed by atoms with van der Waals surface area (Å²) in [4.78, 5) is 13.2. The highest BCUT2D eigenvalue weighted by Crippen LogP contribution is 2.42. The number of halogens is 5. The molecule has 0 spiro atoms. The van der Waals surface area contributed by atoms with E-state index in [1.807, 2.05) is 0 Å².